The Morgan fingerprint density at radius 1 is 1.02 bits per heavy atom. The maximum Gasteiger partial charge on any atom is 0.256 e. The first kappa shape index (κ1) is 32.7. The predicted octanol–water partition coefficient (Wildman–Crippen LogP) is 5.67. The number of hydrogen-bond donors (Lipinski definition) is 0. The summed E-state index contributed by atoms with van der Waals surface area (Å²) in [6.07, 6.45) is 0.473. The molecule has 0 bridgehead atoms. The second-order valence-corrected chi connectivity index (χ2v) is 14.8. The van der Waals surface area contributed by atoms with Gasteiger partial charge in [-0.3, -0.25) is 9.59 Å². The zero-order chi connectivity index (χ0) is 32.4. The van der Waals surface area contributed by atoms with E-state index in [1.54, 1.807) is 49.3 Å². The number of thiophene rings is 1. The first-order valence-corrected chi connectivity index (χ1v) is 17.3. The standard InChI is InChI=1S/C33H36ClN3O6S2/c1-33(15-16-37(33)31(38)28-22-44-30-8-6-5-7-27(28)30)32(39)36(20-23-9-12-25(34)13-10-23)17-18-45(40,41)35(2)21-24-11-14-26(42-3)19-29(24)43-4/h5-14,19,22H,15-18,20-21H2,1-4H3. The molecule has 1 unspecified atom stereocenters. The van der Waals surface area contributed by atoms with E-state index in [0.717, 1.165) is 15.6 Å². The van der Waals surface area contributed by atoms with Gasteiger partial charge in [-0.25, -0.2) is 12.7 Å². The van der Waals surface area contributed by atoms with Crippen molar-refractivity contribution in [3.63, 3.8) is 0 Å². The normalized spacial score (nSPS) is 16.4. The monoisotopic (exact) mass is 669 g/mol. The van der Waals surface area contributed by atoms with Gasteiger partial charge in [-0.05, 0) is 43.2 Å². The van der Waals surface area contributed by atoms with Gasteiger partial charge < -0.3 is 19.3 Å². The van der Waals surface area contributed by atoms with Gasteiger partial charge in [0.2, 0.25) is 15.9 Å². The fourth-order valence-corrected chi connectivity index (χ4v) is 7.66. The second-order valence-electron chi connectivity index (χ2n) is 11.2. The number of carbonyl (C=O) groups excluding carboxylic acids is 2. The first-order chi connectivity index (χ1) is 21.5. The number of hydrogen-bond acceptors (Lipinski definition) is 7. The van der Waals surface area contributed by atoms with Crippen molar-refractivity contribution in [2.24, 2.45) is 0 Å². The van der Waals surface area contributed by atoms with Crippen LogP contribution in [0.15, 0.2) is 72.1 Å². The summed E-state index contributed by atoms with van der Waals surface area (Å²) in [4.78, 5) is 31.1. The Kier molecular flexibility index (Phi) is 9.74. The molecule has 9 nitrogen and oxygen atoms in total. The van der Waals surface area contributed by atoms with Gasteiger partial charge in [-0.1, -0.05) is 48.0 Å². The highest BCUT2D eigenvalue weighted by Crippen LogP contribution is 2.37. The Morgan fingerprint density at radius 3 is 2.42 bits per heavy atom. The van der Waals surface area contributed by atoms with Crippen LogP contribution >= 0.6 is 22.9 Å². The van der Waals surface area contributed by atoms with Crippen LogP contribution in [0.1, 0.15) is 34.8 Å². The van der Waals surface area contributed by atoms with Crippen LogP contribution in [-0.4, -0.2) is 80.0 Å². The number of carbonyl (C=O) groups is 2. The molecule has 45 heavy (non-hydrogen) atoms. The summed E-state index contributed by atoms with van der Waals surface area (Å²) in [5, 5.41) is 3.25. The highest BCUT2D eigenvalue weighted by atomic mass is 35.5. The molecule has 0 saturated carbocycles. The van der Waals surface area contributed by atoms with Crippen LogP contribution in [0.3, 0.4) is 0 Å². The molecule has 238 valence electrons. The number of likely N-dealkylation sites (tertiary alicyclic amines) is 1. The summed E-state index contributed by atoms with van der Waals surface area (Å²) in [6, 6.07) is 20.0. The van der Waals surface area contributed by atoms with Crippen molar-refractivity contribution in [3.05, 3.63) is 93.8 Å². The number of rotatable bonds is 12. The average molecular weight is 670 g/mol. The molecule has 1 aliphatic rings. The molecule has 2 heterocycles. The van der Waals surface area contributed by atoms with E-state index in [1.165, 1.54) is 34.7 Å². The number of amides is 2. The van der Waals surface area contributed by atoms with E-state index < -0.39 is 15.6 Å². The Hall–Kier alpha value is -3.64. The van der Waals surface area contributed by atoms with Crippen molar-refractivity contribution >= 4 is 54.9 Å². The molecule has 4 aromatic rings. The third kappa shape index (κ3) is 6.81. The van der Waals surface area contributed by atoms with Gasteiger partial charge in [-0.2, -0.15) is 0 Å². The smallest absolute Gasteiger partial charge is 0.256 e. The van der Waals surface area contributed by atoms with E-state index in [1.807, 2.05) is 41.8 Å². The lowest BCUT2D eigenvalue weighted by atomic mass is 9.84. The first-order valence-electron chi connectivity index (χ1n) is 14.4. The zero-order valence-electron chi connectivity index (χ0n) is 25.7. The minimum absolute atomic E-state index is 0.0626. The summed E-state index contributed by atoms with van der Waals surface area (Å²) in [7, 11) is 0.769. The Labute approximate surface area is 272 Å². The molecule has 0 aliphatic carbocycles. The largest absolute Gasteiger partial charge is 0.497 e. The maximum atomic E-state index is 14.3. The molecule has 1 fully saturated rings. The molecule has 3 aromatic carbocycles. The lowest BCUT2D eigenvalue weighted by Crippen LogP contribution is -2.68. The van der Waals surface area contributed by atoms with Gasteiger partial charge in [0, 0.05) is 65.3 Å². The fraction of sp³-hybridized carbons (Fsp3) is 0.333. The van der Waals surface area contributed by atoms with Crippen molar-refractivity contribution in [2.45, 2.75) is 32.0 Å². The van der Waals surface area contributed by atoms with E-state index >= 15 is 0 Å². The molecule has 1 saturated heterocycles. The van der Waals surface area contributed by atoms with Crippen LogP contribution in [0, 0.1) is 0 Å². The maximum absolute atomic E-state index is 14.3. The van der Waals surface area contributed by atoms with Gasteiger partial charge in [0.1, 0.15) is 17.0 Å². The Bertz CT molecular complexity index is 1810. The molecule has 12 heteroatoms. The van der Waals surface area contributed by atoms with E-state index in [0.29, 0.717) is 40.6 Å². The van der Waals surface area contributed by atoms with E-state index in [-0.39, 0.29) is 37.2 Å². The second kappa shape index (κ2) is 13.4. The molecule has 0 N–H and O–H groups in total. The van der Waals surface area contributed by atoms with Crippen LogP contribution in [0.2, 0.25) is 5.02 Å². The molecule has 2 amide bonds. The highest BCUT2D eigenvalue weighted by Gasteiger charge is 2.51. The summed E-state index contributed by atoms with van der Waals surface area (Å²) in [5.41, 5.74) is 0.928. The summed E-state index contributed by atoms with van der Waals surface area (Å²) < 4.78 is 40.0. The average Bonchev–Trinajstić information content (AvgIpc) is 3.47. The molecule has 5 rings (SSSR count). The van der Waals surface area contributed by atoms with Gasteiger partial charge >= 0.3 is 0 Å². The van der Waals surface area contributed by atoms with Crippen molar-refractivity contribution in [2.75, 3.05) is 40.1 Å². The molecule has 1 aliphatic heterocycles. The molecular weight excluding hydrogens is 634 g/mol. The topological polar surface area (TPSA) is 96.5 Å². The van der Waals surface area contributed by atoms with Crippen molar-refractivity contribution < 1.29 is 27.5 Å². The van der Waals surface area contributed by atoms with Gasteiger partial charge in [-0.15, -0.1) is 11.3 Å². The number of nitrogens with zero attached hydrogens (tertiary/aromatic N) is 3. The molecule has 1 atom stereocenters. The van der Waals surface area contributed by atoms with E-state index in [2.05, 4.69) is 0 Å². The van der Waals surface area contributed by atoms with E-state index in [4.69, 9.17) is 21.1 Å². The summed E-state index contributed by atoms with van der Waals surface area (Å²) >= 11 is 7.59. The molecular formula is C33H36ClN3O6S2. The lowest BCUT2D eigenvalue weighted by Gasteiger charge is -2.51. The van der Waals surface area contributed by atoms with Gasteiger partial charge in [0.25, 0.3) is 5.91 Å². The number of halogens is 1. The third-order valence-electron chi connectivity index (χ3n) is 8.39. The van der Waals surface area contributed by atoms with Crippen LogP contribution in [-0.2, 0) is 27.9 Å². The SMILES string of the molecule is COc1ccc(CN(C)S(=O)(=O)CCN(Cc2ccc(Cl)cc2)C(=O)C2(C)CCN2C(=O)c2csc3ccccc23)c(OC)c1. The quantitative estimate of drug-likeness (QED) is 0.193. The summed E-state index contributed by atoms with van der Waals surface area (Å²) in [6.45, 7) is 2.38. The molecule has 0 radical (unpaired) electrons. The zero-order valence-corrected chi connectivity index (χ0v) is 28.0. The predicted molar refractivity (Wildman–Crippen MR) is 178 cm³/mol. The molecule has 0 spiro atoms. The van der Waals surface area contributed by atoms with Crippen molar-refractivity contribution in [3.8, 4) is 11.5 Å². The number of methoxy groups -OCH3 is 2. The van der Waals surface area contributed by atoms with Crippen LogP contribution in [0.4, 0.5) is 0 Å². The Balaban J connectivity index is 1.36. The van der Waals surface area contributed by atoms with Crippen LogP contribution in [0.5, 0.6) is 11.5 Å². The van der Waals surface area contributed by atoms with Gasteiger partial charge in [0.15, 0.2) is 0 Å². The fourth-order valence-electron chi connectivity index (χ4n) is 5.50. The molecule has 1 aromatic heterocycles. The van der Waals surface area contributed by atoms with Gasteiger partial charge in [0.05, 0.1) is 25.5 Å². The van der Waals surface area contributed by atoms with Crippen molar-refractivity contribution in [1.82, 2.24) is 14.1 Å². The minimum Gasteiger partial charge on any atom is -0.497 e. The number of ether oxygens (including phenoxy) is 2. The minimum atomic E-state index is -3.80. The highest BCUT2D eigenvalue weighted by molar-refractivity contribution is 7.89. The van der Waals surface area contributed by atoms with E-state index in [9.17, 15) is 18.0 Å². The number of fused-ring (bicyclic) bond motifs is 1. The Morgan fingerprint density at radius 2 is 1.76 bits per heavy atom. The number of benzene rings is 3. The van der Waals surface area contributed by atoms with Crippen molar-refractivity contribution in [1.29, 1.82) is 0 Å². The lowest BCUT2D eigenvalue weighted by molar-refractivity contribution is -0.149. The van der Waals surface area contributed by atoms with Crippen LogP contribution in [0.25, 0.3) is 10.1 Å². The third-order valence-corrected chi connectivity index (χ3v) is 11.4. The number of sulfonamides is 1. The van der Waals surface area contributed by atoms with Crippen LogP contribution < -0.4 is 9.47 Å². The summed E-state index contributed by atoms with van der Waals surface area (Å²) in [5.74, 6) is 0.298.